The summed E-state index contributed by atoms with van der Waals surface area (Å²) in [7, 11) is 0. The summed E-state index contributed by atoms with van der Waals surface area (Å²) >= 11 is 0. The smallest absolute Gasteiger partial charge is 0.321 e. The number of carbonyl (C=O) groups is 1. The van der Waals surface area contributed by atoms with Gasteiger partial charge in [-0.2, -0.15) is 0 Å². The first-order chi connectivity index (χ1) is 20.5. The summed E-state index contributed by atoms with van der Waals surface area (Å²) in [5, 5.41) is 42.6. The molecule has 1 fully saturated rings. The van der Waals surface area contributed by atoms with Gasteiger partial charge in [0, 0.05) is 13.1 Å². The van der Waals surface area contributed by atoms with Gasteiger partial charge in [0.15, 0.2) is 0 Å². The van der Waals surface area contributed by atoms with Crippen LogP contribution in [0.2, 0.25) is 0 Å². The molecular formula is C35H38N2O5. The molecule has 42 heavy (non-hydrogen) atoms. The lowest BCUT2D eigenvalue weighted by Gasteiger charge is -2.36. The molecule has 1 aliphatic rings. The van der Waals surface area contributed by atoms with Crippen molar-refractivity contribution >= 4 is 6.03 Å². The second kappa shape index (κ2) is 13.8. The quantitative estimate of drug-likeness (QED) is 0.232. The molecule has 0 saturated carbocycles. The molecule has 4 N–H and O–H groups in total. The van der Waals surface area contributed by atoms with E-state index in [0.717, 1.165) is 33.4 Å². The topological polar surface area (TPSA) is 104 Å². The zero-order valence-electron chi connectivity index (χ0n) is 23.5. The number of rotatable bonds is 10. The van der Waals surface area contributed by atoms with Crippen LogP contribution in [0, 0.1) is 0 Å². The maximum absolute atomic E-state index is 14.6. The molecule has 7 heteroatoms. The number of nitrogens with zero attached hydrogens (tertiary/aromatic N) is 2. The summed E-state index contributed by atoms with van der Waals surface area (Å²) in [6.45, 7) is 0.302. The minimum Gasteiger partial charge on any atom is -0.392 e. The van der Waals surface area contributed by atoms with Crippen LogP contribution in [0.25, 0.3) is 0 Å². The van der Waals surface area contributed by atoms with Crippen LogP contribution in [0.3, 0.4) is 0 Å². The molecule has 2 amide bonds. The van der Waals surface area contributed by atoms with E-state index in [2.05, 4.69) is 0 Å². The minimum atomic E-state index is -1.21. The molecule has 4 aromatic carbocycles. The highest BCUT2D eigenvalue weighted by Gasteiger charge is 2.46. The maximum atomic E-state index is 14.6. The molecule has 1 aliphatic heterocycles. The predicted octanol–water partition coefficient (Wildman–Crippen LogP) is 4.05. The van der Waals surface area contributed by atoms with Crippen molar-refractivity contribution in [1.29, 1.82) is 0 Å². The molecule has 4 unspecified atom stereocenters. The molecule has 0 bridgehead atoms. The first-order valence-corrected chi connectivity index (χ1v) is 14.4. The molecule has 4 atom stereocenters. The number of aliphatic hydroxyl groups is 4. The fourth-order valence-electron chi connectivity index (χ4n) is 5.71. The van der Waals surface area contributed by atoms with E-state index in [9.17, 15) is 25.2 Å². The van der Waals surface area contributed by atoms with E-state index in [1.165, 1.54) is 0 Å². The Morgan fingerprint density at radius 2 is 0.810 bits per heavy atom. The number of aliphatic hydroxyl groups excluding tert-OH is 4. The summed E-state index contributed by atoms with van der Waals surface area (Å²) in [6.07, 6.45) is -1.67. The van der Waals surface area contributed by atoms with E-state index in [0.29, 0.717) is 12.8 Å². The van der Waals surface area contributed by atoms with E-state index in [-0.39, 0.29) is 32.3 Å². The summed E-state index contributed by atoms with van der Waals surface area (Å²) in [5.41, 5.74) is 5.16. The van der Waals surface area contributed by atoms with Crippen LogP contribution in [-0.4, -0.2) is 60.5 Å². The lowest BCUT2D eigenvalue weighted by atomic mass is 9.91. The molecule has 0 aliphatic carbocycles. The van der Waals surface area contributed by atoms with E-state index in [4.69, 9.17) is 0 Å². The molecule has 7 nitrogen and oxygen atoms in total. The Kier molecular flexibility index (Phi) is 9.66. The average molecular weight is 567 g/mol. The second-order valence-electron chi connectivity index (χ2n) is 11.0. The van der Waals surface area contributed by atoms with Gasteiger partial charge in [-0.05, 0) is 46.2 Å². The molecule has 0 aromatic heterocycles. The van der Waals surface area contributed by atoms with Gasteiger partial charge in [0.1, 0.15) is 12.2 Å². The molecule has 1 saturated heterocycles. The second-order valence-corrected chi connectivity index (χ2v) is 11.0. The van der Waals surface area contributed by atoms with E-state index in [1.807, 2.05) is 109 Å². The van der Waals surface area contributed by atoms with Crippen molar-refractivity contribution in [1.82, 2.24) is 9.80 Å². The number of carbonyl (C=O) groups excluding carboxylic acids is 1. The van der Waals surface area contributed by atoms with Gasteiger partial charge in [0.25, 0.3) is 0 Å². The van der Waals surface area contributed by atoms with Gasteiger partial charge in [-0.25, -0.2) is 4.79 Å². The van der Waals surface area contributed by atoms with E-state index >= 15 is 0 Å². The van der Waals surface area contributed by atoms with Gasteiger partial charge in [0.2, 0.25) is 0 Å². The van der Waals surface area contributed by atoms with Gasteiger partial charge in [-0.15, -0.1) is 0 Å². The molecule has 0 radical (unpaired) electrons. The summed E-state index contributed by atoms with van der Waals surface area (Å²) < 4.78 is 0. The third-order valence-corrected chi connectivity index (χ3v) is 8.12. The molecule has 0 spiro atoms. The predicted molar refractivity (Wildman–Crippen MR) is 161 cm³/mol. The third kappa shape index (κ3) is 6.89. The monoisotopic (exact) mass is 566 g/mol. The Morgan fingerprint density at radius 3 is 1.14 bits per heavy atom. The molecule has 218 valence electrons. The van der Waals surface area contributed by atoms with Crippen molar-refractivity contribution in [3.05, 3.63) is 143 Å². The molecule has 1 heterocycles. The van der Waals surface area contributed by atoms with Crippen molar-refractivity contribution < 1.29 is 25.2 Å². The zero-order chi connectivity index (χ0) is 29.5. The minimum absolute atomic E-state index is 0.0749. The Morgan fingerprint density at radius 1 is 0.476 bits per heavy atom. The first kappa shape index (κ1) is 29.5. The van der Waals surface area contributed by atoms with Crippen LogP contribution in [0.1, 0.15) is 33.4 Å². The Balaban J connectivity index is 1.56. The van der Waals surface area contributed by atoms with Crippen LogP contribution >= 0.6 is 0 Å². The van der Waals surface area contributed by atoms with Crippen LogP contribution < -0.4 is 0 Å². The van der Waals surface area contributed by atoms with Crippen molar-refractivity contribution in [3.8, 4) is 0 Å². The highest BCUT2D eigenvalue weighted by atomic mass is 16.3. The molecule has 5 rings (SSSR count). The SMILES string of the molecule is O=C1N(Cc2ccc(CO)cc2)C(Cc2ccccc2)C(O)C(O)C(Cc2ccccc2)N1Cc1ccc(CO)cc1. The molecular weight excluding hydrogens is 528 g/mol. The van der Waals surface area contributed by atoms with Crippen molar-refractivity contribution in [2.45, 2.75) is 63.4 Å². The van der Waals surface area contributed by atoms with E-state index in [1.54, 1.807) is 9.80 Å². The fraction of sp³-hybridized carbons (Fsp3) is 0.286. The van der Waals surface area contributed by atoms with Crippen molar-refractivity contribution in [2.24, 2.45) is 0 Å². The number of hydrogen-bond acceptors (Lipinski definition) is 5. The number of urea groups is 1. The maximum Gasteiger partial charge on any atom is 0.321 e. The highest BCUT2D eigenvalue weighted by molar-refractivity contribution is 5.76. The van der Waals surface area contributed by atoms with Crippen LogP contribution in [-0.2, 0) is 39.1 Å². The summed E-state index contributed by atoms with van der Waals surface area (Å²) in [4.78, 5) is 18.0. The van der Waals surface area contributed by atoms with Gasteiger partial charge >= 0.3 is 6.03 Å². The summed E-state index contributed by atoms with van der Waals surface area (Å²) in [6, 6.07) is 32.6. The highest BCUT2D eigenvalue weighted by Crippen LogP contribution is 2.30. The van der Waals surface area contributed by atoms with Crippen molar-refractivity contribution in [3.63, 3.8) is 0 Å². The number of amides is 2. The van der Waals surface area contributed by atoms with Gasteiger partial charge < -0.3 is 30.2 Å². The summed E-state index contributed by atoms with van der Waals surface area (Å²) in [5.74, 6) is 0. The Labute approximate surface area is 246 Å². The van der Waals surface area contributed by atoms with E-state index < -0.39 is 24.3 Å². The average Bonchev–Trinajstić information content (AvgIpc) is 3.10. The largest absolute Gasteiger partial charge is 0.392 e. The zero-order valence-corrected chi connectivity index (χ0v) is 23.5. The van der Waals surface area contributed by atoms with Crippen LogP contribution in [0.15, 0.2) is 109 Å². The van der Waals surface area contributed by atoms with Crippen LogP contribution in [0.5, 0.6) is 0 Å². The lowest BCUT2D eigenvalue weighted by Crippen LogP contribution is -2.50. The number of benzene rings is 4. The Bertz CT molecular complexity index is 1300. The Hall–Kier alpha value is -4.01. The van der Waals surface area contributed by atoms with Gasteiger partial charge in [-0.3, -0.25) is 0 Å². The number of hydrogen-bond donors (Lipinski definition) is 4. The van der Waals surface area contributed by atoms with Crippen molar-refractivity contribution in [2.75, 3.05) is 0 Å². The lowest BCUT2D eigenvalue weighted by molar-refractivity contribution is -0.0408. The third-order valence-electron chi connectivity index (χ3n) is 8.12. The first-order valence-electron chi connectivity index (χ1n) is 14.4. The standard InChI is InChI=1S/C35H38N2O5/c38-23-29-15-11-27(12-16-29)21-36-31(19-25-7-3-1-4-8-25)33(40)34(41)32(20-26-9-5-2-6-10-26)37(35(36)42)22-28-13-17-30(24-39)18-14-28/h1-18,31-34,38-41H,19-24H2. The normalized spacial score (nSPS) is 20.9. The van der Waals surface area contributed by atoms with Gasteiger partial charge in [0.05, 0.1) is 25.3 Å². The molecule has 4 aromatic rings. The van der Waals surface area contributed by atoms with Crippen LogP contribution in [0.4, 0.5) is 4.79 Å². The van der Waals surface area contributed by atoms with Gasteiger partial charge in [-0.1, -0.05) is 109 Å². The fourth-order valence-corrected chi connectivity index (χ4v) is 5.71.